The number of amides is 1. The van der Waals surface area contributed by atoms with Gasteiger partial charge in [0, 0.05) is 17.2 Å². The lowest BCUT2D eigenvalue weighted by atomic mass is 9.86. The molecule has 0 aliphatic carbocycles. The summed E-state index contributed by atoms with van der Waals surface area (Å²) in [5.41, 5.74) is -1.03. The molecule has 1 amide bonds. The highest BCUT2D eigenvalue weighted by Crippen LogP contribution is 2.32. The molecule has 0 fully saturated rings. The number of aliphatic hydroxyl groups is 1. The monoisotopic (exact) mass is 498 g/mol. The van der Waals surface area contributed by atoms with Crippen LogP contribution in [0.2, 0.25) is 0 Å². The Morgan fingerprint density at radius 2 is 1.91 bits per heavy atom. The van der Waals surface area contributed by atoms with Crippen molar-refractivity contribution in [3.05, 3.63) is 48.1 Å². The van der Waals surface area contributed by atoms with Crippen LogP contribution < -0.4 is 10.7 Å². The Bertz CT molecular complexity index is 1010. The van der Waals surface area contributed by atoms with E-state index in [0.717, 1.165) is 12.1 Å². The fourth-order valence-corrected chi connectivity index (χ4v) is 3.67. The van der Waals surface area contributed by atoms with E-state index >= 15 is 0 Å². The molecule has 12 heteroatoms. The lowest BCUT2D eigenvalue weighted by Gasteiger charge is -2.43. The molecule has 0 saturated heterocycles. The standard InChI is InChI=1S/C22H32F2N6O3S/c1-14(30(18(34)27-20(2,3)4)28-19(31)33-21(5,6)7)22(32,11-29-13-25-12-26-29)16-9-8-15(23)10-17(16)24/h8-10,12-14,32H,11H2,1-7H3,(H,27,34)(H,28,31)/t14-,22-/m1/s1. The zero-order chi connectivity index (χ0) is 25.9. The molecule has 0 spiro atoms. The van der Waals surface area contributed by atoms with Crippen LogP contribution in [0.3, 0.4) is 0 Å². The first-order valence-corrected chi connectivity index (χ1v) is 11.0. The molecule has 0 radical (unpaired) electrons. The van der Waals surface area contributed by atoms with E-state index in [1.54, 1.807) is 20.8 Å². The minimum atomic E-state index is -2.05. The number of nitrogens with zero attached hydrogens (tertiary/aromatic N) is 4. The average Bonchev–Trinajstić information content (AvgIpc) is 3.15. The summed E-state index contributed by atoms with van der Waals surface area (Å²) in [6.45, 7) is 11.9. The summed E-state index contributed by atoms with van der Waals surface area (Å²) < 4.78 is 35.2. The molecule has 9 nitrogen and oxygen atoms in total. The van der Waals surface area contributed by atoms with E-state index in [1.165, 1.54) is 29.3 Å². The van der Waals surface area contributed by atoms with Gasteiger partial charge in [0.2, 0.25) is 0 Å². The Balaban J connectivity index is 2.56. The van der Waals surface area contributed by atoms with Gasteiger partial charge < -0.3 is 15.2 Å². The zero-order valence-electron chi connectivity index (χ0n) is 20.4. The molecule has 0 aliphatic rings. The van der Waals surface area contributed by atoms with Crippen molar-refractivity contribution in [3.8, 4) is 0 Å². The summed E-state index contributed by atoms with van der Waals surface area (Å²) in [6, 6.07) is 1.76. The predicted octanol–water partition coefficient (Wildman–Crippen LogP) is 3.25. The molecule has 34 heavy (non-hydrogen) atoms. The molecule has 2 rings (SSSR count). The fourth-order valence-electron chi connectivity index (χ4n) is 3.16. The SMILES string of the molecule is C[C@@H](N(NC(=O)OC(C)(C)C)C(=S)NC(C)(C)C)[C@](O)(Cn1cncn1)c1ccc(F)cc1F. The Kier molecular flexibility index (Phi) is 8.20. The van der Waals surface area contributed by atoms with Crippen LogP contribution in [0.1, 0.15) is 54.0 Å². The maximum atomic E-state index is 14.9. The van der Waals surface area contributed by atoms with Gasteiger partial charge in [0.05, 0.1) is 12.6 Å². The normalized spacial score (nSPS) is 14.6. The zero-order valence-corrected chi connectivity index (χ0v) is 21.2. The number of carbonyl (C=O) groups excluding carboxylic acids is 1. The number of aromatic nitrogens is 3. The number of thiocarbonyl (C=S) groups is 1. The second-order valence-electron chi connectivity index (χ2n) is 9.98. The molecule has 1 heterocycles. The highest BCUT2D eigenvalue weighted by atomic mass is 32.1. The average molecular weight is 499 g/mol. The molecular weight excluding hydrogens is 466 g/mol. The van der Waals surface area contributed by atoms with E-state index in [2.05, 4.69) is 20.8 Å². The van der Waals surface area contributed by atoms with Gasteiger partial charge in [-0.1, -0.05) is 6.07 Å². The maximum Gasteiger partial charge on any atom is 0.426 e. The largest absolute Gasteiger partial charge is 0.443 e. The van der Waals surface area contributed by atoms with Gasteiger partial charge in [-0.2, -0.15) is 5.10 Å². The number of halogens is 2. The van der Waals surface area contributed by atoms with E-state index in [0.29, 0.717) is 6.07 Å². The smallest absolute Gasteiger partial charge is 0.426 e. The van der Waals surface area contributed by atoms with Crippen molar-refractivity contribution in [2.45, 2.75) is 77.8 Å². The van der Waals surface area contributed by atoms with E-state index in [1.807, 2.05) is 20.8 Å². The topological polar surface area (TPSA) is 105 Å². The van der Waals surface area contributed by atoms with Crippen molar-refractivity contribution < 1.29 is 23.4 Å². The predicted molar refractivity (Wildman–Crippen MR) is 126 cm³/mol. The summed E-state index contributed by atoms with van der Waals surface area (Å²) in [7, 11) is 0. The van der Waals surface area contributed by atoms with Crippen molar-refractivity contribution in [1.29, 1.82) is 0 Å². The van der Waals surface area contributed by atoms with Gasteiger partial charge in [0.1, 0.15) is 35.5 Å². The first-order chi connectivity index (χ1) is 15.5. The van der Waals surface area contributed by atoms with Crippen molar-refractivity contribution in [1.82, 2.24) is 30.5 Å². The molecule has 2 aromatic rings. The molecule has 1 aromatic carbocycles. The Hall–Kier alpha value is -2.86. The quantitative estimate of drug-likeness (QED) is 0.426. The minimum Gasteiger partial charge on any atom is -0.443 e. The van der Waals surface area contributed by atoms with Gasteiger partial charge in [-0.15, -0.1) is 0 Å². The summed E-state index contributed by atoms with van der Waals surface area (Å²) in [5.74, 6) is -1.77. The molecule has 0 saturated carbocycles. The number of hydrogen-bond acceptors (Lipinski definition) is 6. The van der Waals surface area contributed by atoms with Crippen molar-refractivity contribution in [3.63, 3.8) is 0 Å². The number of nitrogens with one attached hydrogen (secondary N) is 2. The third-order valence-electron chi connectivity index (χ3n) is 4.66. The lowest BCUT2D eigenvalue weighted by molar-refractivity contribution is -0.0586. The molecule has 188 valence electrons. The van der Waals surface area contributed by atoms with Crippen molar-refractivity contribution >= 4 is 23.4 Å². The number of hydrogen-bond donors (Lipinski definition) is 3. The highest BCUT2D eigenvalue weighted by Gasteiger charge is 2.44. The fraction of sp³-hybridized carbons (Fsp3) is 0.545. The van der Waals surface area contributed by atoms with Crippen LogP contribution in [0.4, 0.5) is 13.6 Å². The van der Waals surface area contributed by atoms with E-state index in [4.69, 9.17) is 17.0 Å². The van der Waals surface area contributed by atoms with Gasteiger partial charge in [-0.3, -0.25) is 5.01 Å². The third kappa shape index (κ3) is 7.32. The van der Waals surface area contributed by atoms with Gasteiger partial charge in [-0.25, -0.2) is 28.7 Å². The number of carbonyl (C=O) groups is 1. The second-order valence-corrected chi connectivity index (χ2v) is 10.4. The summed E-state index contributed by atoms with van der Waals surface area (Å²) >= 11 is 5.52. The minimum absolute atomic E-state index is 0.0467. The first kappa shape index (κ1) is 27.4. The molecule has 0 unspecified atom stereocenters. The second kappa shape index (κ2) is 10.2. The molecule has 2 atom stereocenters. The van der Waals surface area contributed by atoms with Crippen LogP contribution in [0.5, 0.6) is 0 Å². The molecule has 3 N–H and O–H groups in total. The van der Waals surface area contributed by atoms with Gasteiger partial charge >= 0.3 is 6.09 Å². The molecule has 0 aliphatic heterocycles. The number of benzene rings is 1. The number of ether oxygens (including phenoxy) is 1. The molecule has 0 bridgehead atoms. The number of hydrazine groups is 1. The van der Waals surface area contributed by atoms with Crippen molar-refractivity contribution in [2.24, 2.45) is 0 Å². The Morgan fingerprint density at radius 1 is 1.26 bits per heavy atom. The molecule has 1 aromatic heterocycles. The van der Waals surface area contributed by atoms with Crippen LogP contribution in [-0.4, -0.2) is 53.3 Å². The highest BCUT2D eigenvalue weighted by molar-refractivity contribution is 7.80. The Labute approximate surface area is 203 Å². The first-order valence-electron chi connectivity index (χ1n) is 10.6. The van der Waals surface area contributed by atoms with Crippen LogP contribution in [0, 0.1) is 11.6 Å². The summed E-state index contributed by atoms with van der Waals surface area (Å²) in [4.78, 5) is 16.5. The Morgan fingerprint density at radius 3 is 2.41 bits per heavy atom. The van der Waals surface area contributed by atoms with E-state index in [9.17, 15) is 18.7 Å². The lowest BCUT2D eigenvalue weighted by Crippen LogP contribution is -2.64. The van der Waals surface area contributed by atoms with Crippen LogP contribution >= 0.6 is 12.2 Å². The maximum absolute atomic E-state index is 14.9. The van der Waals surface area contributed by atoms with Crippen LogP contribution in [-0.2, 0) is 16.9 Å². The van der Waals surface area contributed by atoms with Crippen LogP contribution in [0.25, 0.3) is 0 Å². The van der Waals surface area contributed by atoms with E-state index in [-0.39, 0.29) is 17.2 Å². The molecular formula is C22H32F2N6O3S. The summed E-state index contributed by atoms with van der Waals surface area (Å²) in [6.07, 6.45) is 1.77. The summed E-state index contributed by atoms with van der Waals surface area (Å²) in [5, 5.41) is 20.2. The van der Waals surface area contributed by atoms with E-state index < -0.39 is 40.5 Å². The number of rotatable bonds is 5. The van der Waals surface area contributed by atoms with Gasteiger partial charge in [0.15, 0.2) is 5.11 Å². The van der Waals surface area contributed by atoms with Crippen LogP contribution in [0.15, 0.2) is 30.9 Å². The van der Waals surface area contributed by atoms with Gasteiger partial charge in [-0.05, 0) is 66.8 Å². The van der Waals surface area contributed by atoms with Crippen molar-refractivity contribution in [2.75, 3.05) is 0 Å². The third-order valence-corrected chi connectivity index (χ3v) is 4.96. The van der Waals surface area contributed by atoms with Gasteiger partial charge in [0.25, 0.3) is 0 Å².